The standard InChI is InChI=1S/C20H33N5O.HI/c1-16-7-10-25(11-8-16)18-6-5-17(13-22-18)14-23-19(21-3)24-15-20(2)9-4-12-26-20;/h5-6,13,16H,4,7-12,14-15H2,1-3H3,(H2,21,23,24);1H. The van der Waals surface area contributed by atoms with E-state index in [1.807, 2.05) is 6.20 Å². The number of nitrogens with zero attached hydrogens (tertiary/aromatic N) is 3. The van der Waals surface area contributed by atoms with Crippen LogP contribution in [0.1, 0.15) is 45.1 Å². The Morgan fingerprint density at radius 3 is 2.70 bits per heavy atom. The van der Waals surface area contributed by atoms with Gasteiger partial charge in [0.05, 0.1) is 5.60 Å². The summed E-state index contributed by atoms with van der Waals surface area (Å²) in [5.41, 5.74) is 1.08. The van der Waals surface area contributed by atoms with Crippen LogP contribution in [-0.4, -0.2) is 49.8 Å². The van der Waals surface area contributed by atoms with Crippen molar-refractivity contribution >= 4 is 35.8 Å². The van der Waals surface area contributed by atoms with E-state index in [0.29, 0.717) is 6.54 Å². The molecule has 2 fully saturated rings. The third-order valence-electron chi connectivity index (χ3n) is 5.53. The van der Waals surface area contributed by atoms with Crippen LogP contribution in [0.2, 0.25) is 0 Å². The zero-order valence-electron chi connectivity index (χ0n) is 16.8. The molecule has 1 atom stereocenters. The van der Waals surface area contributed by atoms with E-state index < -0.39 is 0 Å². The Bertz CT molecular complexity index is 593. The van der Waals surface area contributed by atoms with E-state index >= 15 is 0 Å². The zero-order valence-corrected chi connectivity index (χ0v) is 19.2. The molecule has 0 amide bonds. The lowest BCUT2D eigenvalue weighted by Gasteiger charge is -2.31. The number of rotatable bonds is 5. The number of guanidine groups is 1. The van der Waals surface area contributed by atoms with E-state index in [2.05, 4.69) is 51.5 Å². The van der Waals surface area contributed by atoms with Crippen molar-refractivity contribution in [2.75, 3.05) is 38.2 Å². The van der Waals surface area contributed by atoms with Gasteiger partial charge < -0.3 is 20.3 Å². The van der Waals surface area contributed by atoms with Gasteiger partial charge in [-0.3, -0.25) is 4.99 Å². The normalized spacial score (nSPS) is 23.8. The molecule has 7 heteroatoms. The third-order valence-corrected chi connectivity index (χ3v) is 5.53. The van der Waals surface area contributed by atoms with Crippen molar-refractivity contribution in [2.45, 2.75) is 51.7 Å². The lowest BCUT2D eigenvalue weighted by molar-refractivity contribution is 0.0243. The molecule has 1 unspecified atom stereocenters. The van der Waals surface area contributed by atoms with Crippen molar-refractivity contribution in [3.63, 3.8) is 0 Å². The molecule has 27 heavy (non-hydrogen) atoms. The quantitative estimate of drug-likeness (QED) is 0.380. The number of piperidine rings is 1. The van der Waals surface area contributed by atoms with Crippen LogP contribution in [0, 0.1) is 5.92 Å². The summed E-state index contributed by atoms with van der Waals surface area (Å²) in [6.45, 7) is 9.06. The summed E-state index contributed by atoms with van der Waals surface area (Å²) in [5.74, 6) is 2.73. The van der Waals surface area contributed by atoms with Crippen LogP contribution in [0.4, 0.5) is 5.82 Å². The fourth-order valence-electron chi connectivity index (χ4n) is 3.60. The van der Waals surface area contributed by atoms with Crippen LogP contribution in [0.25, 0.3) is 0 Å². The molecular formula is C20H34IN5O. The highest BCUT2D eigenvalue weighted by atomic mass is 127. The second kappa shape index (κ2) is 10.5. The molecule has 2 saturated heterocycles. The first kappa shape index (κ1) is 22.2. The van der Waals surface area contributed by atoms with Crippen LogP contribution in [0.5, 0.6) is 0 Å². The largest absolute Gasteiger partial charge is 0.373 e. The molecule has 152 valence electrons. The lowest BCUT2D eigenvalue weighted by atomic mass is 9.99. The Morgan fingerprint density at radius 2 is 2.11 bits per heavy atom. The highest BCUT2D eigenvalue weighted by Gasteiger charge is 2.29. The molecule has 1 aromatic rings. The molecule has 3 heterocycles. The van der Waals surface area contributed by atoms with E-state index in [1.165, 1.54) is 12.8 Å². The average molecular weight is 487 g/mol. The maximum absolute atomic E-state index is 5.82. The van der Waals surface area contributed by atoms with Crippen molar-refractivity contribution in [2.24, 2.45) is 10.9 Å². The lowest BCUT2D eigenvalue weighted by Crippen LogP contribution is -2.45. The fourth-order valence-corrected chi connectivity index (χ4v) is 3.60. The van der Waals surface area contributed by atoms with Crippen molar-refractivity contribution in [3.8, 4) is 0 Å². The number of hydrogen-bond donors (Lipinski definition) is 2. The monoisotopic (exact) mass is 487 g/mol. The van der Waals surface area contributed by atoms with Crippen LogP contribution in [0.3, 0.4) is 0 Å². The van der Waals surface area contributed by atoms with E-state index in [0.717, 1.165) is 62.3 Å². The number of anilines is 1. The van der Waals surface area contributed by atoms with Gasteiger partial charge in [0.1, 0.15) is 5.82 Å². The highest BCUT2D eigenvalue weighted by molar-refractivity contribution is 14.0. The number of hydrogen-bond acceptors (Lipinski definition) is 4. The fraction of sp³-hybridized carbons (Fsp3) is 0.700. The van der Waals surface area contributed by atoms with Crippen molar-refractivity contribution in [1.82, 2.24) is 15.6 Å². The highest BCUT2D eigenvalue weighted by Crippen LogP contribution is 2.24. The van der Waals surface area contributed by atoms with E-state index in [9.17, 15) is 0 Å². The molecule has 1 aromatic heterocycles. The van der Waals surface area contributed by atoms with Crippen LogP contribution in [0.15, 0.2) is 23.3 Å². The number of aliphatic imine (C=N–C) groups is 1. The Hall–Kier alpha value is -1.09. The van der Waals surface area contributed by atoms with Gasteiger partial charge in [-0.25, -0.2) is 4.98 Å². The summed E-state index contributed by atoms with van der Waals surface area (Å²) < 4.78 is 5.82. The number of aromatic nitrogens is 1. The van der Waals surface area contributed by atoms with Gasteiger partial charge in [0.2, 0.25) is 0 Å². The summed E-state index contributed by atoms with van der Waals surface area (Å²) in [4.78, 5) is 11.3. The van der Waals surface area contributed by atoms with Gasteiger partial charge in [0, 0.05) is 46.0 Å². The van der Waals surface area contributed by atoms with Crippen molar-refractivity contribution in [3.05, 3.63) is 23.9 Å². The molecule has 2 aliphatic heterocycles. The minimum absolute atomic E-state index is 0. The Balaban J connectivity index is 0.00000261. The van der Waals surface area contributed by atoms with Gasteiger partial charge in [-0.2, -0.15) is 0 Å². The Morgan fingerprint density at radius 1 is 1.33 bits per heavy atom. The molecule has 3 rings (SSSR count). The summed E-state index contributed by atoms with van der Waals surface area (Å²) in [5, 5.41) is 6.74. The van der Waals surface area contributed by atoms with Crippen LogP contribution in [-0.2, 0) is 11.3 Å². The molecular weight excluding hydrogens is 453 g/mol. The number of nitrogens with one attached hydrogen (secondary N) is 2. The molecule has 0 radical (unpaired) electrons. The van der Waals surface area contributed by atoms with Gasteiger partial charge >= 0.3 is 0 Å². The van der Waals surface area contributed by atoms with E-state index in [1.54, 1.807) is 7.05 Å². The molecule has 0 bridgehead atoms. The van der Waals surface area contributed by atoms with Crippen molar-refractivity contribution < 1.29 is 4.74 Å². The first-order valence-corrected chi connectivity index (χ1v) is 9.86. The molecule has 2 aliphatic rings. The predicted molar refractivity (Wildman–Crippen MR) is 122 cm³/mol. The van der Waals surface area contributed by atoms with Crippen LogP contribution < -0.4 is 15.5 Å². The van der Waals surface area contributed by atoms with E-state index in [4.69, 9.17) is 4.74 Å². The minimum Gasteiger partial charge on any atom is -0.373 e. The second-order valence-electron chi connectivity index (χ2n) is 7.88. The van der Waals surface area contributed by atoms with Crippen molar-refractivity contribution in [1.29, 1.82) is 0 Å². The number of halogens is 1. The maximum atomic E-state index is 5.82. The van der Waals surface area contributed by atoms with Gasteiger partial charge in [-0.1, -0.05) is 13.0 Å². The smallest absolute Gasteiger partial charge is 0.191 e. The van der Waals surface area contributed by atoms with Gasteiger partial charge in [0.15, 0.2) is 5.96 Å². The summed E-state index contributed by atoms with van der Waals surface area (Å²) >= 11 is 0. The SMILES string of the molecule is CN=C(NCc1ccc(N2CCC(C)CC2)nc1)NCC1(C)CCCO1.I. The van der Waals surface area contributed by atoms with Gasteiger partial charge in [-0.05, 0) is 50.2 Å². The summed E-state index contributed by atoms with van der Waals surface area (Å²) in [7, 11) is 1.80. The predicted octanol–water partition coefficient (Wildman–Crippen LogP) is 3.17. The Labute approximate surface area is 180 Å². The van der Waals surface area contributed by atoms with Crippen LogP contribution >= 0.6 is 24.0 Å². The first-order valence-electron chi connectivity index (χ1n) is 9.86. The van der Waals surface area contributed by atoms with Gasteiger partial charge in [0.25, 0.3) is 0 Å². The zero-order chi connectivity index (χ0) is 18.4. The molecule has 6 nitrogen and oxygen atoms in total. The number of ether oxygens (including phenoxy) is 1. The third kappa shape index (κ3) is 6.48. The maximum Gasteiger partial charge on any atom is 0.191 e. The average Bonchev–Trinajstić information content (AvgIpc) is 3.10. The molecule has 0 aromatic carbocycles. The topological polar surface area (TPSA) is 61.8 Å². The number of pyridine rings is 1. The first-order chi connectivity index (χ1) is 12.6. The van der Waals surface area contributed by atoms with E-state index in [-0.39, 0.29) is 29.6 Å². The minimum atomic E-state index is -0.0766. The molecule has 0 aliphatic carbocycles. The molecule has 2 N–H and O–H groups in total. The summed E-state index contributed by atoms with van der Waals surface area (Å²) in [6.07, 6.45) is 6.72. The summed E-state index contributed by atoms with van der Waals surface area (Å²) in [6, 6.07) is 4.29. The second-order valence-corrected chi connectivity index (χ2v) is 7.88. The van der Waals surface area contributed by atoms with Gasteiger partial charge in [-0.15, -0.1) is 24.0 Å². The molecule has 0 spiro atoms. The molecule has 0 saturated carbocycles. The Kier molecular flexibility index (Phi) is 8.60.